The molecule has 0 radical (unpaired) electrons. The maximum atomic E-state index is 13.5. The maximum absolute atomic E-state index is 13.5. The van der Waals surface area contributed by atoms with Gasteiger partial charge in [0.05, 0.1) is 0 Å². The van der Waals surface area contributed by atoms with Crippen molar-refractivity contribution in [1.82, 2.24) is 8.61 Å². The highest BCUT2D eigenvalue weighted by Gasteiger charge is 2.56. The molecule has 3 rings (SSSR count). The topological polar surface area (TPSA) is 180 Å². The highest BCUT2D eigenvalue weighted by molar-refractivity contribution is 7.86. The molecule has 2 aliphatic heterocycles. The molecule has 0 bridgehead atoms. The second kappa shape index (κ2) is 8.75. The molecular weight excluding hydrogens is 403 g/mol. The van der Waals surface area contributed by atoms with Crippen LogP contribution in [0.3, 0.4) is 0 Å². The quantitative estimate of drug-likeness (QED) is 0.251. The zero-order valence-electron chi connectivity index (χ0n) is 16.4. The van der Waals surface area contributed by atoms with Gasteiger partial charge in [-0.1, -0.05) is 6.42 Å². The van der Waals surface area contributed by atoms with Crippen LogP contribution >= 0.6 is 0 Å². The van der Waals surface area contributed by atoms with Crippen LogP contribution in [0.1, 0.15) is 32.1 Å². The lowest BCUT2D eigenvalue weighted by Crippen LogP contribution is -2.56. The molecule has 29 heavy (non-hydrogen) atoms. The number of carboxylic acids is 1. The molecule has 3 aliphatic rings. The van der Waals surface area contributed by atoms with Crippen molar-refractivity contribution in [2.24, 2.45) is 17.4 Å². The van der Waals surface area contributed by atoms with E-state index in [1.807, 2.05) is 0 Å². The summed E-state index contributed by atoms with van der Waals surface area (Å²) in [6, 6.07) is -0.740. The highest BCUT2D eigenvalue weighted by Crippen LogP contribution is 2.38. The number of hydrogen-bond acceptors (Lipinski definition) is 8. The van der Waals surface area contributed by atoms with E-state index in [0.717, 1.165) is 0 Å². The summed E-state index contributed by atoms with van der Waals surface area (Å²) in [5, 5.41) is 27.7. The molecule has 3 fully saturated rings. The fourth-order valence-electron chi connectivity index (χ4n) is 4.40. The molecule has 0 aromatic rings. The average Bonchev–Trinajstić information content (AvgIpc) is 3.23. The largest absolute Gasteiger partial charge is 0.480 e. The summed E-state index contributed by atoms with van der Waals surface area (Å²) < 4.78 is 35.0. The minimum atomic E-state index is -3.96. The molecule has 7 N–H and O–H groups in total. The minimum absolute atomic E-state index is 0.0195. The Balaban J connectivity index is 1.80. The summed E-state index contributed by atoms with van der Waals surface area (Å²) in [6.07, 6.45) is 2.41. The first-order valence-electron chi connectivity index (χ1n) is 10.1. The van der Waals surface area contributed by atoms with E-state index in [9.17, 15) is 18.3 Å². The van der Waals surface area contributed by atoms with Crippen LogP contribution in [0.5, 0.6) is 0 Å². The van der Waals surface area contributed by atoms with Gasteiger partial charge in [0.1, 0.15) is 5.54 Å². The molecule has 11 nitrogen and oxygen atoms in total. The van der Waals surface area contributed by atoms with Crippen molar-refractivity contribution in [3.8, 4) is 0 Å². The van der Waals surface area contributed by atoms with Crippen LogP contribution in [-0.4, -0.2) is 95.2 Å². The van der Waals surface area contributed by atoms with Gasteiger partial charge in [0.25, 0.3) is 10.2 Å². The molecule has 2 heterocycles. The maximum Gasteiger partial charge on any atom is 0.451 e. The fourth-order valence-corrected chi connectivity index (χ4v) is 6.59. The van der Waals surface area contributed by atoms with E-state index in [1.54, 1.807) is 0 Å². The Labute approximate surface area is 171 Å². The van der Waals surface area contributed by atoms with Gasteiger partial charge in [0.15, 0.2) is 0 Å². The normalized spacial score (nSPS) is 33.9. The average molecular weight is 434 g/mol. The molecule has 4 atom stereocenters. The van der Waals surface area contributed by atoms with Gasteiger partial charge in [0.2, 0.25) is 0 Å². The third kappa shape index (κ3) is 4.77. The molecule has 2 unspecified atom stereocenters. The van der Waals surface area contributed by atoms with Crippen molar-refractivity contribution < 1.29 is 33.1 Å². The molecule has 0 amide bonds. The van der Waals surface area contributed by atoms with Gasteiger partial charge < -0.3 is 31.4 Å². The monoisotopic (exact) mass is 434 g/mol. The van der Waals surface area contributed by atoms with E-state index in [1.165, 1.54) is 8.61 Å². The van der Waals surface area contributed by atoms with Crippen LogP contribution in [0.4, 0.5) is 0 Å². The smallest absolute Gasteiger partial charge is 0.451 e. The summed E-state index contributed by atoms with van der Waals surface area (Å²) in [7, 11) is -5.45. The molecule has 0 aromatic heterocycles. The Morgan fingerprint density at radius 3 is 2.45 bits per heavy atom. The van der Waals surface area contributed by atoms with Gasteiger partial charge in [-0.3, -0.25) is 4.79 Å². The van der Waals surface area contributed by atoms with Crippen molar-refractivity contribution in [2.45, 2.75) is 62.1 Å². The first-order valence-corrected chi connectivity index (χ1v) is 11.5. The molecule has 0 aromatic carbocycles. The summed E-state index contributed by atoms with van der Waals surface area (Å²) in [6.45, 7) is 0.606. The van der Waals surface area contributed by atoms with E-state index in [0.29, 0.717) is 38.9 Å². The second-order valence-corrected chi connectivity index (χ2v) is 10.2. The van der Waals surface area contributed by atoms with Crippen molar-refractivity contribution in [1.29, 1.82) is 0 Å². The molecular formula is C16H31BN4O7S. The Hall–Kier alpha value is -0.795. The lowest BCUT2D eigenvalue weighted by Gasteiger charge is -2.36. The first kappa shape index (κ1) is 22.9. The van der Waals surface area contributed by atoms with Crippen LogP contribution in [0.25, 0.3) is 0 Å². The summed E-state index contributed by atoms with van der Waals surface area (Å²) in [5.41, 5.74) is 10.4. The van der Waals surface area contributed by atoms with E-state index in [4.69, 9.17) is 26.3 Å². The number of aliphatic carboxylic acids is 1. The van der Waals surface area contributed by atoms with Crippen LogP contribution < -0.4 is 11.5 Å². The fraction of sp³-hybridized carbons (Fsp3) is 0.938. The predicted octanol–water partition coefficient (Wildman–Crippen LogP) is -2.22. The molecule has 0 spiro atoms. The van der Waals surface area contributed by atoms with Crippen LogP contribution in [0, 0.1) is 5.92 Å². The van der Waals surface area contributed by atoms with E-state index in [-0.39, 0.29) is 44.0 Å². The van der Waals surface area contributed by atoms with Crippen molar-refractivity contribution in [3.63, 3.8) is 0 Å². The lowest BCUT2D eigenvalue weighted by molar-refractivity contribution is -0.144. The number of carbonyl (C=O) groups is 1. The van der Waals surface area contributed by atoms with E-state index in [2.05, 4.69) is 0 Å². The van der Waals surface area contributed by atoms with Crippen LogP contribution in [0.2, 0.25) is 6.32 Å². The second-order valence-electron chi connectivity index (χ2n) is 8.39. The number of carboxylic acid groups (broad SMARTS) is 1. The van der Waals surface area contributed by atoms with Gasteiger partial charge in [-0.2, -0.15) is 17.0 Å². The third-order valence-corrected chi connectivity index (χ3v) is 8.31. The summed E-state index contributed by atoms with van der Waals surface area (Å²) >= 11 is 0. The summed E-state index contributed by atoms with van der Waals surface area (Å²) in [4.78, 5) is 11.9. The zero-order valence-corrected chi connectivity index (χ0v) is 17.2. The number of hydrogen-bond donors (Lipinski definition) is 5. The Morgan fingerprint density at radius 2 is 1.93 bits per heavy atom. The molecule has 1 saturated carbocycles. The van der Waals surface area contributed by atoms with Crippen LogP contribution in [-0.2, 0) is 19.7 Å². The number of ether oxygens (including phenoxy) is 1. The highest BCUT2D eigenvalue weighted by atomic mass is 32.2. The molecule has 1 aliphatic carbocycles. The van der Waals surface area contributed by atoms with Gasteiger partial charge in [-0.05, 0) is 32.0 Å². The Bertz CT molecular complexity index is 705. The van der Waals surface area contributed by atoms with Crippen molar-refractivity contribution in [2.75, 3.05) is 26.3 Å². The molecule has 166 valence electrons. The minimum Gasteiger partial charge on any atom is -0.480 e. The van der Waals surface area contributed by atoms with Gasteiger partial charge >= 0.3 is 13.1 Å². The number of nitrogens with zero attached hydrogens (tertiary/aromatic N) is 2. The van der Waals surface area contributed by atoms with Crippen molar-refractivity contribution >= 4 is 23.3 Å². The van der Waals surface area contributed by atoms with Gasteiger partial charge in [-0.15, -0.1) is 0 Å². The number of nitrogens with two attached hydrogens (primary N) is 2. The molecule has 13 heteroatoms. The van der Waals surface area contributed by atoms with Crippen molar-refractivity contribution in [3.05, 3.63) is 0 Å². The van der Waals surface area contributed by atoms with E-state index >= 15 is 0 Å². The third-order valence-electron chi connectivity index (χ3n) is 6.28. The first-order chi connectivity index (χ1) is 13.6. The SMILES string of the molecule is NC1CC1N(C1CCOCC1)S(=O)(=O)N1C[C@H](CCCB(O)O)[C@](N)(C(=O)O)C1. The molecule has 2 saturated heterocycles. The number of rotatable bonds is 9. The van der Waals surface area contributed by atoms with Gasteiger partial charge in [0, 0.05) is 50.3 Å². The van der Waals surface area contributed by atoms with Gasteiger partial charge in [-0.25, -0.2) is 0 Å². The van der Waals surface area contributed by atoms with E-state index < -0.39 is 34.8 Å². The zero-order chi connectivity index (χ0) is 21.4. The Kier molecular flexibility index (Phi) is 6.90. The Morgan fingerprint density at radius 1 is 1.31 bits per heavy atom. The predicted molar refractivity (Wildman–Crippen MR) is 105 cm³/mol. The standard InChI is InChI=1S/C16H31BN4O7S/c18-13-8-14(13)21(12-3-6-28-7-4-12)29(26,27)20-9-11(2-1-5-17(24)25)16(19,10-20)15(22)23/h11-14,24-25H,1-10,18-19H2,(H,22,23)/t11-,13?,14?,16-/m0/s1. The van der Waals surface area contributed by atoms with Crippen LogP contribution in [0.15, 0.2) is 0 Å². The summed E-state index contributed by atoms with van der Waals surface area (Å²) in [5.74, 6) is -1.89. The lowest BCUT2D eigenvalue weighted by atomic mass is 9.78.